The fraction of sp³-hybridized carbons (Fsp3) is 0.133. The molecule has 22 heavy (non-hydrogen) atoms. The van der Waals surface area contributed by atoms with Gasteiger partial charge in [-0.1, -0.05) is 23.7 Å². The van der Waals surface area contributed by atoms with Crippen molar-refractivity contribution in [1.82, 2.24) is 0 Å². The second kappa shape index (κ2) is 6.44. The maximum Gasteiger partial charge on any atom is 0.342 e. The number of esters is 1. The van der Waals surface area contributed by atoms with E-state index in [2.05, 4.69) is 0 Å². The van der Waals surface area contributed by atoms with Crippen LogP contribution in [0, 0.1) is 17.0 Å². The Bertz CT molecular complexity index is 745. The molecule has 1 N–H and O–H groups in total. The number of carbonyl (C=O) groups is 1. The van der Waals surface area contributed by atoms with Crippen LogP contribution in [0.3, 0.4) is 0 Å². The number of hydrogen-bond donors (Lipinski definition) is 1. The lowest BCUT2D eigenvalue weighted by atomic mass is 10.1. The first-order valence-electron chi connectivity index (χ1n) is 6.28. The van der Waals surface area contributed by atoms with E-state index >= 15 is 0 Å². The van der Waals surface area contributed by atoms with Gasteiger partial charge in [0.05, 0.1) is 9.95 Å². The molecule has 2 aromatic rings. The van der Waals surface area contributed by atoms with Crippen molar-refractivity contribution in [2.75, 3.05) is 0 Å². The van der Waals surface area contributed by atoms with Crippen LogP contribution in [0.25, 0.3) is 0 Å². The monoisotopic (exact) mass is 321 g/mol. The number of nitro groups is 1. The normalized spacial score (nSPS) is 10.3. The van der Waals surface area contributed by atoms with Gasteiger partial charge in [0.15, 0.2) is 0 Å². The van der Waals surface area contributed by atoms with Crippen LogP contribution in [-0.2, 0) is 11.3 Å². The summed E-state index contributed by atoms with van der Waals surface area (Å²) < 4.78 is 5.08. The van der Waals surface area contributed by atoms with E-state index in [-0.39, 0.29) is 28.6 Å². The average molecular weight is 322 g/mol. The lowest BCUT2D eigenvalue weighted by Crippen LogP contribution is -2.06. The average Bonchev–Trinajstić information content (AvgIpc) is 2.48. The van der Waals surface area contributed by atoms with Crippen molar-refractivity contribution in [3.63, 3.8) is 0 Å². The molecule has 0 fully saturated rings. The first kappa shape index (κ1) is 15.8. The summed E-state index contributed by atoms with van der Waals surface area (Å²) >= 11 is 5.91. The molecule has 0 saturated heterocycles. The number of phenolic OH excluding ortho intramolecular Hbond substituents is 1. The second-order valence-corrected chi connectivity index (χ2v) is 4.99. The number of hydrogen-bond acceptors (Lipinski definition) is 5. The molecule has 114 valence electrons. The second-order valence-electron chi connectivity index (χ2n) is 4.58. The lowest BCUT2D eigenvalue weighted by Gasteiger charge is -2.08. The van der Waals surface area contributed by atoms with E-state index < -0.39 is 10.9 Å². The van der Waals surface area contributed by atoms with Crippen molar-refractivity contribution in [2.24, 2.45) is 0 Å². The summed E-state index contributed by atoms with van der Waals surface area (Å²) in [6, 6.07) is 8.63. The minimum absolute atomic E-state index is 0.0537. The molecule has 2 rings (SSSR count). The van der Waals surface area contributed by atoms with Gasteiger partial charge in [-0.15, -0.1) is 0 Å². The molecule has 0 spiro atoms. The summed E-state index contributed by atoms with van der Waals surface area (Å²) in [6.45, 7) is 1.52. The molecule has 0 aromatic heterocycles. The predicted molar refractivity (Wildman–Crippen MR) is 80.1 cm³/mol. The van der Waals surface area contributed by atoms with Gasteiger partial charge in [0.25, 0.3) is 5.69 Å². The first-order valence-corrected chi connectivity index (χ1v) is 6.66. The van der Waals surface area contributed by atoms with E-state index in [4.69, 9.17) is 16.3 Å². The van der Waals surface area contributed by atoms with E-state index in [0.717, 1.165) is 0 Å². The maximum absolute atomic E-state index is 11.9. The largest absolute Gasteiger partial charge is 0.507 e. The molecule has 0 amide bonds. The smallest absolute Gasteiger partial charge is 0.342 e. The highest BCUT2D eigenvalue weighted by Crippen LogP contribution is 2.25. The Hall–Kier alpha value is -2.60. The molecule has 2 aromatic carbocycles. The first-order chi connectivity index (χ1) is 10.4. The van der Waals surface area contributed by atoms with Crippen molar-refractivity contribution < 1.29 is 19.6 Å². The zero-order chi connectivity index (χ0) is 16.3. The fourth-order valence-electron chi connectivity index (χ4n) is 1.81. The molecule has 0 aliphatic rings. The number of halogens is 1. The Morgan fingerprint density at radius 1 is 1.36 bits per heavy atom. The molecular weight excluding hydrogens is 310 g/mol. The summed E-state index contributed by atoms with van der Waals surface area (Å²) in [6.07, 6.45) is 0. The highest BCUT2D eigenvalue weighted by Gasteiger charge is 2.15. The topological polar surface area (TPSA) is 89.7 Å². The standard InChI is InChI=1S/C15H12ClNO5/c1-9-3-2-4-12(14(9)18)15(19)22-8-10-5-6-11(17(20)21)7-13(10)16/h2-7,18H,8H2,1H3. The molecule has 0 atom stereocenters. The zero-order valence-corrected chi connectivity index (χ0v) is 12.3. The van der Waals surface area contributed by atoms with Gasteiger partial charge in [0.2, 0.25) is 0 Å². The molecule has 0 radical (unpaired) electrons. The Kier molecular flexibility index (Phi) is 4.62. The number of nitro benzene ring substituents is 1. The van der Waals surface area contributed by atoms with Crippen molar-refractivity contribution >= 4 is 23.3 Å². The number of para-hydroxylation sites is 1. The number of phenols is 1. The third-order valence-electron chi connectivity index (χ3n) is 3.06. The van der Waals surface area contributed by atoms with Crippen LogP contribution in [0.5, 0.6) is 5.75 Å². The van der Waals surface area contributed by atoms with E-state index in [0.29, 0.717) is 11.1 Å². The molecule has 0 bridgehead atoms. The number of ether oxygens (including phenoxy) is 1. The van der Waals surface area contributed by atoms with Crippen molar-refractivity contribution in [1.29, 1.82) is 0 Å². The minimum atomic E-state index is -0.699. The minimum Gasteiger partial charge on any atom is -0.507 e. The zero-order valence-electron chi connectivity index (χ0n) is 11.6. The number of non-ortho nitro benzene ring substituents is 1. The SMILES string of the molecule is Cc1cccc(C(=O)OCc2ccc([N+](=O)[O-])cc2Cl)c1O. The van der Waals surface area contributed by atoms with Crippen LogP contribution in [0.2, 0.25) is 5.02 Å². The predicted octanol–water partition coefficient (Wildman–Crippen LogP) is 3.62. The van der Waals surface area contributed by atoms with Crippen LogP contribution in [0.4, 0.5) is 5.69 Å². The van der Waals surface area contributed by atoms with Crippen LogP contribution in [0.1, 0.15) is 21.5 Å². The number of rotatable bonds is 4. The van der Waals surface area contributed by atoms with E-state index in [1.54, 1.807) is 19.1 Å². The molecular formula is C15H12ClNO5. The molecule has 0 saturated carbocycles. The molecule has 7 heteroatoms. The number of aryl methyl sites for hydroxylation is 1. The lowest BCUT2D eigenvalue weighted by molar-refractivity contribution is -0.384. The molecule has 0 heterocycles. The highest BCUT2D eigenvalue weighted by atomic mass is 35.5. The third kappa shape index (κ3) is 3.35. The summed E-state index contributed by atoms with van der Waals surface area (Å²) in [5.74, 6) is -0.835. The van der Waals surface area contributed by atoms with Gasteiger partial charge < -0.3 is 9.84 Å². The molecule has 6 nitrogen and oxygen atoms in total. The summed E-state index contributed by atoms with van der Waals surface area (Å²) in [4.78, 5) is 22.0. The number of carbonyl (C=O) groups excluding carboxylic acids is 1. The highest BCUT2D eigenvalue weighted by molar-refractivity contribution is 6.31. The van der Waals surface area contributed by atoms with Crippen LogP contribution >= 0.6 is 11.6 Å². The van der Waals surface area contributed by atoms with Crippen LogP contribution in [0.15, 0.2) is 36.4 Å². The van der Waals surface area contributed by atoms with E-state index in [9.17, 15) is 20.0 Å². The van der Waals surface area contributed by atoms with Gasteiger partial charge in [-0.25, -0.2) is 4.79 Å². The van der Waals surface area contributed by atoms with Crippen molar-refractivity contribution in [2.45, 2.75) is 13.5 Å². The Morgan fingerprint density at radius 2 is 2.09 bits per heavy atom. The van der Waals surface area contributed by atoms with Gasteiger partial charge in [0, 0.05) is 17.7 Å². The van der Waals surface area contributed by atoms with E-state index in [1.165, 1.54) is 24.3 Å². The van der Waals surface area contributed by atoms with Crippen LogP contribution < -0.4 is 0 Å². The Morgan fingerprint density at radius 3 is 2.73 bits per heavy atom. The third-order valence-corrected chi connectivity index (χ3v) is 3.42. The maximum atomic E-state index is 11.9. The Balaban J connectivity index is 2.11. The van der Waals surface area contributed by atoms with Gasteiger partial charge in [-0.2, -0.15) is 0 Å². The number of aromatic hydroxyl groups is 1. The molecule has 0 aliphatic heterocycles. The number of nitrogens with zero attached hydrogens (tertiary/aromatic N) is 1. The molecule has 0 aliphatic carbocycles. The Labute approximate surface area is 131 Å². The number of benzene rings is 2. The van der Waals surface area contributed by atoms with Crippen LogP contribution in [-0.4, -0.2) is 16.0 Å². The molecule has 0 unspecified atom stereocenters. The van der Waals surface area contributed by atoms with Crippen molar-refractivity contribution in [3.05, 3.63) is 68.2 Å². The van der Waals surface area contributed by atoms with Gasteiger partial charge >= 0.3 is 5.97 Å². The quantitative estimate of drug-likeness (QED) is 0.527. The fourth-order valence-corrected chi connectivity index (χ4v) is 2.04. The summed E-state index contributed by atoms with van der Waals surface area (Å²) in [5, 5.41) is 20.6. The van der Waals surface area contributed by atoms with Gasteiger partial charge in [-0.05, 0) is 24.6 Å². The van der Waals surface area contributed by atoms with Crippen molar-refractivity contribution in [3.8, 4) is 5.75 Å². The van der Waals surface area contributed by atoms with Gasteiger partial charge in [-0.3, -0.25) is 10.1 Å². The van der Waals surface area contributed by atoms with Gasteiger partial charge in [0.1, 0.15) is 17.9 Å². The summed E-state index contributed by atoms with van der Waals surface area (Å²) in [7, 11) is 0. The van der Waals surface area contributed by atoms with E-state index in [1.807, 2.05) is 0 Å². The summed E-state index contributed by atoms with van der Waals surface area (Å²) in [5.41, 5.74) is 0.907.